The van der Waals surface area contributed by atoms with Crippen LogP contribution in [-0.4, -0.2) is 45.6 Å². The summed E-state index contributed by atoms with van der Waals surface area (Å²) in [7, 11) is 1.73. The van der Waals surface area contributed by atoms with Gasteiger partial charge in [0.2, 0.25) is 0 Å². The Hall–Kier alpha value is -1.10. The Morgan fingerprint density at radius 3 is 2.90 bits per heavy atom. The van der Waals surface area contributed by atoms with Gasteiger partial charge < -0.3 is 19.7 Å². The van der Waals surface area contributed by atoms with Crippen molar-refractivity contribution < 1.29 is 9.47 Å². The third-order valence-electron chi connectivity index (χ3n) is 3.56. The van der Waals surface area contributed by atoms with Crippen molar-refractivity contribution in [1.82, 2.24) is 5.32 Å². The molecule has 1 aliphatic heterocycles. The zero-order valence-corrected chi connectivity index (χ0v) is 12.8. The molecule has 0 radical (unpaired) electrons. The van der Waals surface area contributed by atoms with Crippen LogP contribution in [0, 0.1) is 0 Å². The molecule has 0 aliphatic carbocycles. The van der Waals surface area contributed by atoms with E-state index in [9.17, 15) is 0 Å². The summed E-state index contributed by atoms with van der Waals surface area (Å²) in [5, 5.41) is 3.42. The molecular formula is C16H26N2O2. The summed E-state index contributed by atoms with van der Waals surface area (Å²) >= 11 is 0. The van der Waals surface area contributed by atoms with E-state index in [2.05, 4.69) is 48.3 Å². The average molecular weight is 278 g/mol. The predicted octanol–water partition coefficient (Wildman–Crippen LogP) is 2.04. The predicted molar refractivity (Wildman–Crippen MR) is 82.3 cm³/mol. The van der Waals surface area contributed by atoms with E-state index in [1.165, 1.54) is 11.3 Å². The van der Waals surface area contributed by atoms with Crippen LogP contribution in [-0.2, 0) is 16.0 Å². The Morgan fingerprint density at radius 1 is 1.35 bits per heavy atom. The molecule has 4 heteroatoms. The average Bonchev–Trinajstić information content (AvgIpc) is 2.43. The van der Waals surface area contributed by atoms with Crippen LogP contribution < -0.4 is 10.2 Å². The normalized spacial score (nSPS) is 18.2. The van der Waals surface area contributed by atoms with E-state index in [4.69, 9.17) is 9.47 Å². The zero-order chi connectivity index (χ0) is 14.4. The van der Waals surface area contributed by atoms with Gasteiger partial charge in [-0.25, -0.2) is 0 Å². The summed E-state index contributed by atoms with van der Waals surface area (Å²) in [4.78, 5) is 2.43. The Bertz CT molecular complexity index is 421. The highest BCUT2D eigenvalue weighted by Crippen LogP contribution is 2.26. The largest absolute Gasteiger partial charge is 0.383 e. The van der Waals surface area contributed by atoms with Crippen molar-refractivity contribution in [3.05, 3.63) is 29.8 Å². The molecule has 1 N–H and O–H groups in total. The van der Waals surface area contributed by atoms with Crippen LogP contribution >= 0.6 is 0 Å². The summed E-state index contributed by atoms with van der Waals surface area (Å²) in [5.41, 5.74) is 2.57. The molecule has 1 aliphatic rings. The number of nitrogens with zero attached hydrogens (tertiary/aromatic N) is 1. The number of benzene rings is 1. The molecule has 1 saturated heterocycles. The van der Waals surface area contributed by atoms with Crippen molar-refractivity contribution in [2.75, 3.05) is 44.9 Å². The first-order valence-electron chi connectivity index (χ1n) is 7.29. The molecule has 112 valence electrons. The first kappa shape index (κ1) is 15.3. The molecule has 0 bridgehead atoms. The lowest BCUT2D eigenvalue weighted by Gasteiger charge is -2.40. The maximum atomic E-state index is 5.80. The number of methoxy groups -OCH3 is 1. The fourth-order valence-electron chi connectivity index (χ4n) is 2.59. The number of rotatable bonds is 6. The summed E-state index contributed by atoms with van der Waals surface area (Å²) in [6.45, 7) is 9.47. The number of hydrogen-bond donors (Lipinski definition) is 1. The summed E-state index contributed by atoms with van der Waals surface area (Å²) in [6.07, 6.45) is 0. The van der Waals surface area contributed by atoms with Gasteiger partial charge in [-0.05, 0) is 25.5 Å². The van der Waals surface area contributed by atoms with Crippen molar-refractivity contribution in [3.63, 3.8) is 0 Å². The molecule has 1 fully saturated rings. The van der Waals surface area contributed by atoms with Gasteiger partial charge in [0, 0.05) is 39.0 Å². The Balaban J connectivity index is 2.03. The molecule has 1 heterocycles. The molecule has 4 nitrogen and oxygen atoms in total. The van der Waals surface area contributed by atoms with Crippen molar-refractivity contribution in [2.24, 2.45) is 0 Å². The first-order chi connectivity index (χ1) is 9.62. The SMILES string of the molecule is COCCNCc1ccccc1N1CCOC(C)(C)C1. The van der Waals surface area contributed by atoms with E-state index in [1.54, 1.807) is 7.11 Å². The van der Waals surface area contributed by atoms with Crippen molar-refractivity contribution in [2.45, 2.75) is 26.0 Å². The topological polar surface area (TPSA) is 33.7 Å². The second-order valence-corrected chi connectivity index (χ2v) is 5.83. The third-order valence-corrected chi connectivity index (χ3v) is 3.56. The minimum absolute atomic E-state index is 0.0746. The van der Waals surface area contributed by atoms with Gasteiger partial charge in [-0.2, -0.15) is 0 Å². The number of nitrogens with one attached hydrogen (secondary N) is 1. The first-order valence-corrected chi connectivity index (χ1v) is 7.29. The number of ether oxygens (including phenoxy) is 2. The van der Waals surface area contributed by atoms with E-state index < -0.39 is 0 Å². The molecule has 1 aromatic rings. The second-order valence-electron chi connectivity index (χ2n) is 5.83. The number of anilines is 1. The lowest BCUT2D eigenvalue weighted by molar-refractivity contribution is -0.0277. The number of hydrogen-bond acceptors (Lipinski definition) is 4. The highest BCUT2D eigenvalue weighted by Gasteiger charge is 2.28. The van der Waals surface area contributed by atoms with E-state index in [-0.39, 0.29) is 5.60 Å². The Kier molecular flexibility index (Phi) is 5.40. The monoisotopic (exact) mass is 278 g/mol. The molecule has 0 aromatic heterocycles. The van der Waals surface area contributed by atoms with Gasteiger partial charge in [-0.15, -0.1) is 0 Å². The molecule has 1 aromatic carbocycles. The maximum absolute atomic E-state index is 5.80. The van der Waals surface area contributed by atoms with Crippen molar-refractivity contribution in [3.8, 4) is 0 Å². The van der Waals surface area contributed by atoms with Gasteiger partial charge in [-0.1, -0.05) is 18.2 Å². The van der Waals surface area contributed by atoms with Crippen LogP contribution in [0.1, 0.15) is 19.4 Å². The highest BCUT2D eigenvalue weighted by atomic mass is 16.5. The van der Waals surface area contributed by atoms with Crippen LogP contribution in [0.3, 0.4) is 0 Å². The van der Waals surface area contributed by atoms with Gasteiger partial charge in [0.15, 0.2) is 0 Å². The standard InChI is InChI=1S/C16H26N2O2/c1-16(2)13-18(9-11-20-16)15-7-5-4-6-14(15)12-17-8-10-19-3/h4-7,17H,8-13H2,1-3H3. The summed E-state index contributed by atoms with van der Waals surface area (Å²) in [5.74, 6) is 0. The Morgan fingerprint density at radius 2 is 2.15 bits per heavy atom. The van der Waals surface area contributed by atoms with Crippen molar-refractivity contribution >= 4 is 5.69 Å². The van der Waals surface area contributed by atoms with Crippen LogP contribution in [0.25, 0.3) is 0 Å². The molecule has 0 spiro atoms. The van der Waals surface area contributed by atoms with Gasteiger partial charge >= 0.3 is 0 Å². The van der Waals surface area contributed by atoms with Crippen LogP contribution in [0.15, 0.2) is 24.3 Å². The number of para-hydroxylation sites is 1. The quantitative estimate of drug-likeness (QED) is 0.807. The fraction of sp³-hybridized carbons (Fsp3) is 0.625. The van der Waals surface area contributed by atoms with Crippen LogP contribution in [0.4, 0.5) is 5.69 Å². The van der Waals surface area contributed by atoms with Crippen LogP contribution in [0.2, 0.25) is 0 Å². The smallest absolute Gasteiger partial charge is 0.0801 e. The van der Waals surface area contributed by atoms with E-state index >= 15 is 0 Å². The molecular weight excluding hydrogens is 252 g/mol. The third kappa shape index (κ3) is 4.20. The summed E-state index contributed by atoms with van der Waals surface area (Å²) in [6, 6.07) is 8.60. The minimum Gasteiger partial charge on any atom is -0.383 e. The highest BCUT2D eigenvalue weighted by molar-refractivity contribution is 5.54. The lowest BCUT2D eigenvalue weighted by Crippen LogP contribution is -2.48. The van der Waals surface area contributed by atoms with Crippen molar-refractivity contribution in [1.29, 1.82) is 0 Å². The lowest BCUT2D eigenvalue weighted by atomic mass is 10.0. The van der Waals surface area contributed by atoms with E-state index in [1.807, 2.05) is 0 Å². The van der Waals surface area contributed by atoms with Gasteiger partial charge in [0.1, 0.15) is 0 Å². The molecule has 0 saturated carbocycles. The van der Waals surface area contributed by atoms with E-state index in [0.717, 1.165) is 39.4 Å². The summed E-state index contributed by atoms with van der Waals surface area (Å²) < 4.78 is 10.9. The molecule has 0 unspecified atom stereocenters. The van der Waals surface area contributed by atoms with Gasteiger partial charge in [-0.3, -0.25) is 0 Å². The number of morpholine rings is 1. The van der Waals surface area contributed by atoms with Crippen LogP contribution in [0.5, 0.6) is 0 Å². The zero-order valence-electron chi connectivity index (χ0n) is 12.8. The molecule has 20 heavy (non-hydrogen) atoms. The minimum atomic E-state index is -0.0746. The second kappa shape index (κ2) is 7.07. The Labute approximate surface area is 122 Å². The maximum Gasteiger partial charge on any atom is 0.0801 e. The molecule has 0 amide bonds. The fourth-order valence-corrected chi connectivity index (χ4v) is 2.59. The molecule has 2 rings (SSSR count). The van der Waals surface area contributed by atoms with E-state index in [0.29, 0.717) is 0 Å². The van der Waals surface area contributed by atoms with Gasteiger partial charge in [0.25, 0.3) is 0 Å². The van der Waals surface area contributed by atoms with Gasteiger partial charge in [0.05, 0.1) is 18.8 Å². The molecule has 0 atom stereocenters.